The summed E-state index contributed by atoms with van der Waals surface area (Å²) in [5, 5.41) is 3.54. The molecular weight excluding hydrogens is 228 g/mol. The van der Waals surface area contributed by atoms with Gasteiger partial charge in [-0.1, -0.05) is 30.3 Å². The van der Waals surface area contributed by atoms with E-state index in [1.807, 2.05) is 0 Å². The molecule has 2 aliphatic heterocycles. The van der Waals surface area contributed by atoms with Gasteiger partial charge in [0.15, 0.2) is 0 Å². The van der Waals surface area contributed by atoms with Crippen LogP contribution in [0.2, 0.25) is 0 Å². The van der Waals surface area contributed by atoms with Gasteiger partial charge in [0.1, 0.15) is 0 Å². The average molecular weight is 248 g/mol. The Kier molecular flexibility index (Phi) is 3.69. The highest BCUT2D eigenvalue weighted by molar-refractivity contribution is 7.99. The van der Waals surface area contributed by atoms with Crippen molar-refractivity contribution in [3.63, 3.8) is 0 Å². The van der Waals surface area contributed by atoms with Crippen molar-refractivity contribution in [2.75, 3.05) is 31.1 Å². The first kappa shape index (κ1) is 11.6. The van der Waals surface area contributed by atoms with E-state index < -0.39 is 0 Å². The van der Waals surface area contributed by atoms with E-state index in [4.69, 9.17) is 0 Å². The maximum Gasteiger partial charge on any atom is 0.0476 e. The molecule has 17 heavy (non-hydrogen) atoms. The molecule has 2 nitrogen and oxygen atoms in total. The van der Waals surface area contributed by atoms with Crippen molar-refractivity contribution in [2.45, 2.75) is 18.5 Å². The Morgan fingerprint density at radius 2 is 2.12 bits per heavy atom. The summed E-state index contributed by atoms with van der Waals surface area (Å²) in [6.07, 6.45) is 1.37. The van der Waals surface area contributed by atoms with Crippen LogP contribution in [-0.4, -0.2) is 42.1 Å². The number of benzene rings is 1. The maximum atomic E-state index is 3.54. The summed E-state index contributed by atoms with van der Waals surface area (Å²) in [7, 11) is 0. The summed E-state index contributed by atoms with van der Waals surface area (Å²) >= 11 is 2.11. The van der Waals surface area contributed by atoms with Crippen LogP contribution in [0.25, 0.3) is 0 Å². The number of hydrogen-bond acceptors (Lipinski definition) is 3. The number of rotatable bonds is 2. The minimum absolute atomic E-state index is 0.577. The van der Waals surface area contributed by atoms with Crippen LogP contribution in [0.15, 0.2) is 30.3 Å². The van der Waals surface area contributed by atoms with Crippen LogP contribution in [0, 0.1) is 0 Å². The lowest BCUT2D eigenvalue weighted by molar-refractivity contribution is 0.118. The molecule has 1 N–H and O–H groups in total. The lowest BCUT2D eigenvalue weighted by Gasteiger charge is -2.40. The third-order valence-electron chi connectivity index (χ3n) is 3.84. The quantitative estimate of drug-likeness (QED) is 0.863. The van der Waals surface area contributed by atoms with Crippen molar-refractivity contribution in [1.82, 2.24) is 10.2 Å². The Morgan fingerprint density at radius 1 is 1.24 bits per heavy atom. The predicted molar refractivity (Wildman–Crippen MR) is 74.5 cm³/mol. The summed E-state index contributed by atoms with van der Waals surface area (Å²) < 4.78 is 0. The Labute approximate surface area is 108 Å². The number of hydrogen-bond donors (Lipinski definition) is 1. The average Bonchev–Trinajstić information content (AvgIpc) is 2.94. The SMILES string of the molecule is c1ccc(C2CNCCN2C2CCSC2)cc1. The molecular formula is C14H20N2S. The summed E-state index contributed by atoms with van der Waals surface area (Å²) in [5.41, 5.74) is 1.47. The van der Waals surface area contributed by atoms with Crippen molar-refractivity contribution in [3.05, 3.63) is 35.9 Å². The fourth-order valence-corrected chi connectivity index (χ4v) is 4.16. The second-order valence-corrected chi connectivity index (χ2v) is 6.04. The third-order valence-corrected chi connectivity index (χ3v) is 4.99. The number of nitrogens with zero attached hydrogens (tertiary/aromatic N) is 1. The Hall–Kier alpha value is -0.510. The van der Waals surface area contributed by atoms with E-state index >= 15 is 0 Å². The topological polar surface area (TPSA) is 15.3 Å². The largest absolute Gasteiger partial charge is 0.314 e. The van der Waals surface area contributed by atoms with E-state index in [-0.39, 0.29) is 0 Å². The normalized spacial score (nSPS) is 30.6. The molecule has 2 unspecified atom stereocenters. The molecule has 2 aliphatic rings. The minimum atomic E-state index is 0.577. The van der Waals surface area contributed by atoms with Crippen LogP contribution in [0.1, 0.15) is 18.0 Å². The van der Waals surface area contributed by atoms with Gasteiger partial charge >= 0.3 is 0 Å². The molecule has 0 saturated carbocycles. The second kappa shape index (κ2) is 5.42. The first-order valence-electron chi connectivity index (χ1n) is 6.54. The van der Waals surface area contributed by atoms with Gasteiger partial charge < -0.3 is 5.32 Å². The van der Waals surface area contributed by atoms with Crippen LogP contribution in [0.5, 0.6) is 0 Å². The van der Waals surface area contributed by atoms with E-state index in [2.05, 4.69) is 52.3 Å². The van der Waals surface area contributed by atoms with Crippen molar-refractivity contribution in [3.8, 4) is 0 Å². The van der Waals surface area contributed by atoms with E-state index in [1.165, 1.54) is 30.0 Å². The summed E-state index contributed by atoms with van der Waals surface area (Å²) in [6, 6.07) is 12.3. The molecule has 92 valence electrons. The zero-order valence-corrected chi connectivity index (χ0v) is 11.0. The third kappa shape index (κ3) is 2.51. The zero-order chi connectivity index (χ0) is 11.5. The Morgan fingerprint density at radius 3 is 2.88 bits per heavy atom. The van der Waals surface area contributed by atoms with Gasteiger partial charge in [-0.15, -0.1) is 0 Å². The fraction of sp³-hybridized carbons (Fsp3) is 0.571. The first-order valence-corrected chi connectivity index (χ1v) is 7.70. The molecule has 2 heterocycles. The molecule has 0 radical (unpaired) electrons. The first-order chi connectivity index (χ1) is 8.45. The molecule has 2 atom stereocenters. The van der Waals surface area contributed by atoms with Crippen molar-refractivity contribution < 1.29 is 0 Å². The monoisotopic (exact) mass is 248 g/mol. The molecule has 3 rings (SSSR count). The van der Waals surface area contributed by atoms with E-state index in [0.29, 0.717) is 6.04 Å². The van der Waals surface area contributed by atoms with Gasteiger partial charge in [0.2, 0.25) is 0 Å². The van der Waals surface area contributed by atoms with Crippen LogP contribution in [0.3, 0.4) is 0 Å². The molecule has 1 aromatic rings. The van der Waals surface area contributed by atoms with Gasteiger partial charge in [-0.2, -0.15) is 11.8 Å². The number of piperazine rings is 1. The molecule has 0 aromatic heterocycles. The number of thioether (sulfide) groups is 1. The molecule has 2 saturated heterocycles. The van der Waals surface area contributed by atoms with Crippen LogP contribution in [-0.2, 0) is 0 Å². The summed E-state index contributed by atoms with van der Waals surface area (Å²) in [6.45, 7) is 3.44. The molecule has 0 aliphatic carbocycles. The van der Waals surface area contributed by atoms with Crippen molar-refractivity contribution in [2.24, 2.45) is 0 Å². The lowest BCUT2D eigenvalue weighted by atomic mass is 10.0. The zero-order valence-electron chi connectivity index (χ0n) is 10.1. The van der Waals surface area contributed by atoms with Crippen LogP contribution >= 0.6 is 11.8 Å². The van der Waals surface area contributed by atoms with Gasteiger partial charge in [-0.3, -0.25) is 4.90 Å². The molecule has 3 heteroatoms. The maximum absolute atomic E-state index is 3.54. The molecule has 0 bridgehead atoms. The molecule has 1 aromatic carbocycles. The standard InChI is InChI=1S/C14H20N2S/c1-2-4-12(5-3-1)14-10-15-7-8-16(14)13-6-9-17-11-13/h1-5,13-15H,6-11H2. The highest BCUT2D eigenvalue weighted by Crippen LogP contribution is 2.30. The van der Waals surface area contributed by atoms with Gasteiger partial charge in [0.25, 0.3) is 0 Å². The molecule has 0 spiro atoms. The predicted octanol–water partition coefficient (Wildman–Crippen LogP) is 2.14. The van der Waals surface area contributed by atoms with Gasteiger partial charge in [-0.05, 0) is 17.7 Å². The van der Waals surface area contributed by atoms with Crippen LogP contribution in [0.4, 0.5) is 0 Å². The minimum Gasteiger partial charge on any atom is -0.314 e. The lowest BCUT2D eigenvalue weighted by Crippen LogP contribution is -2.50. The summed E-state index contributed by atoms with van der Waals surface area (Å²) in [5.74, 6) is 2.67. The van der Waals surface area contributed by atoms with E-state index in [0.717, 1.165) is 19.1 Å². The molecule has 0 amide bonds. The van der Waals surface area contributed by atoms with Gasteiger partial charge in [-0.25, -0.2) is 0 Å². The highest BCUT2D eigenvalue weighted by Gasteiger charge is 2.31. The summed E-state index contributed by atoms with van der Waals surface area (Å²) in [4.78, 5) is 2.73. The Bertz CT molecular complexity index is 348. The van der Waals surface area contributed by atoms with E-state index in [1.54, 1.807) is 0 Å². The van der Waals surface area contributed by atoms with Gasteiger partial charge in [0.05, 0.1) is 0 Å². The molecule has 2 fully saturated rings. The van der Waals surface area contributed by atoms with E-state index in [9.17, 15) is 0 Å². The highest BCUT2D eigenvalue weighted by atomic mass is 32.2. The van der Waals surface area contributed by atoms with Crippen molar-refractivity contribution >= 4 is 11.8 Å². The Balaban J connectivity index is 1.80. The second-order valence-electron chi connectivity index (χ2n) is 4.89. The van der Waals surface area contributed by atoms with Gasteiger partial charge in [0, 0.05) is 37.5 Å². The van der Waals surface area contributed by atoms with Crippen molar-refractivity contribution in [1.29, 1.82) is 0 Å². The smallest absolute Gasteiger partial charge is 0.0476 e. The number of nitrogens with one attached hydrogen (secondary N) is 1. The van der Waals surface area contributed by atoms with Crippen LogP contribution < -0.4 is 5.32 Å². The fourth-order valence-electron chi connectivity index (χ4n) is 2.93.